The number of carbonyl (C=O) groups excluding carboxylic acids is 4. The van der Waals surface area contributed by atoms with Crippen LogP contribution >= 0.6 is 0 Å². The number of hydrogen-bond donors (Lipinski definition) is 9. The molecule has 0 aliphatic rings. The number of aliphatic carboxylic acids is 1. The van der Waals surface area contributed by atoms with Crippen LogP contribution in [0.4, 0.5) is 0 Å². The van der Waals surface area contributed by atoms with Gasteiger partial charge in [-0.05, 0) is 42.9 Å². The molecule has 4 atom stereocenters. The van der Waals surface area contributed by atoms with E-state index in [1.54, 1.807) is 26.0 Å². The Morgan fingerprint density at radius 2 is 1.40 bits per heavy atom. The third-order valence-corrected chi connectivity index (χ3v) is 5.90. The number of amides is 4. The number of carbonyl (C=O) groups is 5. The maximum absolute atomic E-state index is 13.4. The van der Waals surface area contributed by atoms with Crippen molar-refractivity contribution < 1.29 is 34.2 Å². The topological polar surface area (TPSA) is 278 Å². The third kappa shape index (κ3) is 12.4. The van der Waals surface area contributed by atoms with E-state index in [0.717, 1.165) is 0 Å². The summed E-state index contributed by atoms with van der Waals surface area (Å²) >= 11 is 0. The van der Waals surface area contributed by atoms with Crippen LogP contribution in [0.2, 0.25) is 0 Å². The van der Waals surface area contributed by atoms with Crippen molar-refractivity contribution in [2.24, 2.45) is 33.8 Å². The molecule has 0 aliphatic heterocycles. The van der Waals surface area contributed by atoms with Crippen molar-refractivity contribution in [1.82, 2.24) is 16.0 Å². The smallest absolute Gasteiger partial charge is 0.326 e. The first-order valence-corrected chi connectivity index (χ1v) is 12.7. The molecule has 4 amide bonds. The second-order valence-electron chi connectivity index (χ2n) is 9.62. The average molecular weight is 565 g/mol. The highest BCUT2D eigenvalue weighted by atomic mass is 16.4. The molecule has 15 heteroatoms. The number of carboxylic acid groups (broad SMARTS) is 1. The maximum atomic E-state index is 13.4. The third-order valence-electron chi connectivity index (χ3n) is 5.90. The summed E-state index contributed by atoms with van der Waals surface area (Å²) in [6.07, 6.45) is -0.279. The van der Waals surface area contributed by atoms with Gasteiger partial charge in [0.15, 0.2) is 5.96 Å². The van der Waals surface area contributed by atoms with Gasteiger partial charge in [-0.15, -0.1) is 0 Å². The Bertz CT molecular complexity index is 1060. The Morgan fingerprint density at radius 1 is 0.850 bits per heavy atom. The summed E-state index contributed by atoms with van der Waals surface area (Å²) in [5, 5.41) is 26.5. The molecular formula is C25H40N8O7. The van der Waals surface area contributed by atoms with Crippen LogP contribution in [-0.4, -0.2) is 76.5 Å². The van der Waals surface area contributed by atoms with Crippen LogP contribution in [0.15, 0.2) is 29.3 Å². The van der Waals surface area contributed by atoms with E-state index in [1.807, 2.05) is 0 Å². The maximum Gasteiger partial charge on any atom is 0.326 e. The second-order valence-corrected chi connectivity index (χ2v) is 9.62. The van der Waals surface area contributed by atoms with Gasteiger partial charge >= 0.3 is 5.97 Å². The molecule has 222 valence electrons. The number of primary amides is 1. The van der Waals surface area contributed by atoms with Crippen molar-refractivity contribution in [3.63, 3.8) is 0 Å². The van der Waals surface area contributed by atoms with Crippen LogP contribution in [0.3, 0.4) is 0 Å². The molecule has 0 aromatic heterocycles. The highest BCUT2D eigenvalue weighted by Gasteiger charge is 2.31. The number of phenols is 1. The number of nitrogens with two attached hydrogens (primary N) is 4. The number of phenolic OH excluding ortho intramolecular Hbond substituents is 1. The van der Waals surface area contributed by atoms with Crippen LogP contribution in [0, 0.1) is 5.92 Å². The van der Waals surface area contributed by atoms with E-state index in [-0.39, 0.29) is 56.3 Å². The molecule has 0 heterocycles. The molecule has 0 saturated heterocycles. The summed E-state index contributed by atoms with van der Waals surface area (Å²) < 4.78 is 0. The van der Waals surface area contributed by atoms with Gasteiger partial charge in [0.2, 0.25) is 23.6 Å². The minimum Gasteiger partial charge on any atom is -0.508 e. The monoisotopic (exact) mass is 564 g/mol. The average Bonchev–Trinajstić information content (AvgIpc) is 2.87. The fraction of sp³-hybridized carbons (Fsp3) is 0.520. The molecule has 4 unspecified atom stereocenters. The van der Waals surface area contributed by atoms with Gasteiger partial charge in [-0.2, -0.15) is 0 Å². The van der Waals surface area contributed by atoms with E-state index >= 15 is 0 Å². The predicted octanol–water partition coefficient (Wildman–Crippen LogP) is -2.22. The molecule has 1 rings (SSSR count). The molecule has 0 saturated carbocycles. The first-order valence-electron chi connectivity index (χ1n) is 12.7. The van der Waals surface area contributed by atoms with Crippen LogP contribution in [0.5, 0.6) is 5.75 Å². The summed E-state index contributed by atoms with van der Waals surface area (Å²) in [6.45, 7) is 3.61. The summed E-state index contributed by atoms with van der Waals surface area (Å²) in [5.74, 6) is -4.65. The Labute approximate surface area is 232 Å². The lowest BCUT2D eigenvalue weighted by Crippen LogP contribution is -2.58. The molecule has 0 aliphatic carbocycles. The molecule has 13 N–H and O–H groups in total. The lowest BCUT2D eigenvalue weighted by Gasteiger charge is -2.26. The van der Waals surface area contributed by atoms with Gasteiger partial charge in [0, 0.05) is 19.4 Å². The van der Waals surface area contributed by atoms with Crippen molar-refractivity contribution >= 4 is 35.6 Å². The van der Waals surface area contributed by atoms with Crippen LogP contribution in [0.1, 0.15) is 45.1 Å². The molecule has 40 heavy (non-hydrogen) atoms. The fourth-order valence-electron chi connectivity index (χ4n) is 3.51. The minimum absolute atomic E-state index is 0.00136. The van der Waals surface area contributed by atoms with E-state index in [4.69, 9.17) is 22.9 Å². The highest BCUT2D eigenvalue weighted by molar-refractivity contribution is 5.94. The standard InChI is InChI=1S/C25H40N8O7/c1-13(2)20(27)23(38)33-18(12-14-5-7-15(34)8-6-14)22(37)31-16(4-3-11-30-25(28)29)21(36)32-17(24(39)40)9-10-19(26)35/h5-8,13,16-18,20,34H,3-4,9-12,27H2,1-2H3,(H2,26,35)(H,31,37)(H,32,36)(H,33,38)(H,39,40)(H4,28,29,30). The SMILES string of the molecule is CC(C)C(N)C(=O)NC(Cc1ccc(O)cc1)C(=O)NC(CCCN=C(N)N)C(=O)NC(CCC(N)=O)C(=O)O. The molecule has 0 fully saturated rings. The van der Waals surface area contributed by atoms with Gasteiger partial charge < -0.3 is 49.1 Å². The summed E-state index contributed by atoms with van der Waals surface area (Å²) in [6, 6.07) is 1.23. The second kappa shape index (κ2) is 16.5. The Kier molecular flexibility index (Phi) is 13.9. The number of nitrogens with zero attached hydrogens (tertiary/aromatic N) is 1. The van der Waals surface area contributed by atoms with Crippen LogP contribution in [0.25, 0.3) is 0 Å². The number of hydrogen-bond acceptors (Lipinski definition) is 8. The summed E-state index contributed by atoms with van der Waals surface area (Å²) in [7, 11) is 0. The van der Waals surface area contributed by atoms with Gasteiger partial charge in [0.1, 0.15) is 23.9 Å². The first-order chi connectivity index (χ1) is 18.7. The lowest BCUT2D eigenvalue weighted by molar-refractivity contribution is -0.142. The number of aromatic hydroxyl groups is 1. The van der Waals surface area contributed by atoms with Gasteiger partial charge in [-0.1, -0.05) is 26.0 Å². The van der Waals surface area contributed by atoms with E-state index in [1.165, 1.54) is 12.1 Å². The zero-order valence-electron chi connectivity index (χ0n) is 22.6. The van der Waals surface area contributed by atoms with Crippen molar-refractivity contribution in [2.45, 2.75) is 70.1 Å². The Morgan fingerprint density at radius 3 is 1.93 bits per heavy atom. The molecule has 0 spiro atoms. The molecule has 0 radical (unpaired) electrons. The zero-order chi connectivity index (χ0) is 30.4. The van der Waals surface area contributed by atoms with E-state index < -0.39 is 53.8 Å². The number of nitrogens with one attached hydrogen (secondary N) is 3. The number of benzene rings is 1. The molecular weight excluding hydrogens is 524 g/mol. The van der Waals surface area contributed by atoms with E-state index in [9.17, 15) is 34.2 Å². The van der Waals surface area contributed by atoms with Gasteiger partial charge in [-0.25, -0.2) is 4.79 Å². The Balaban J connectivity index is 3.19. The van der Waals surface area contributed by atoms with Crippen LogP contribution in [-0.2, 0) is 30.4 Å². The molecule has 0 bridgehead atoms. The largest absolute Gasteiger partial charge is 0.508 e. The van der Waals surface area contributed by atoms with Gasteiger partial charge in [-0.3, -0.25) is 24.2 Å². The summed E-state index contributed by atoms with van der Waals surface area (Å²) in [5.41, 5.74) is 22.3. The first kappa shape index (κ1) is 33.6. The molecule has 1 aromatic carbocycles. The molecule has 1 aromatic rings. The normalized spacial score (nSPS) is 13.8. The van der Waals surface area contributed by atoms with Crippen molar-refractivity contribution in [2.75, 3.05) is 6.54 Å². The number of guanidine groups is 1. The van der Waals surface area contributed by atoms with E-state index in [0.29, 0.717) is 5.56 Å². The number of aliphatic imine (C=N–C) groups is 1. The fourth-order valence-corrected chi connectivity index (χ4v) is 3.51. The zero-order valence-corrected chi connectivity index (χ0v) is 22.6. The van der Waals surface area contributed by atoms with Crippen molar-refractivity contribution in [3.05, 3.63) is 29.8 Å². The summed E-state index contributed by atoms with van der Waals surface area (Å²) in [4.78, 5) is 65.8. The lowest BCUT2D eigenvalue weighted by atomic mass is 10.0. The van der Waals surface area contributed by atoms with Crippen molar-refractivity contribution in [1.29, 1.82) is 0 Å². The number of rotatable bonds is 17. The highest BCUT2D eigenvalue weighted by Crippen LogP contribution is 2.12. The van der Waals surface area contributed by atoms with Crippen LogP contribution < -0.4 is 38.9 Å². The number of carboxylic acids is 1. The Hall–Kier alpha value is -4.40. The molecule has 15 nitrogen and oxygen atoms in total. The van der Waals surface area contributed by atoms with Crippen molar-refractivity contribution in [3.8, 4) is 5.75 Å². The van der Waals surface area contributed by atoms with Gasteiger partial charge in [0.05, 0.1) is 6.04 Å². The van der Waals surface area contributed by atoms with E-state index in [2.05, 4.69) is 20.9 Å². The van der Waals surface area contributed by atoms with Gasteiger partial charge in [0.25, 0.3) is 0 Å². The quantitative estimate of drug-likeness (QED) is 0.0558. The minimum atomic E-state index is -1.44. The predicted molar refractivity (Wildman–Crippen MR) is 146 cm³/mol.